The van der Waals surface area contributed by atoms with E-state index in [2.05, 4.69) is 14.6 Å². The maximum absolute atomic E-state index is 12.4. The highest BCUT2D eigenvalue weighted by Crippen LogP contribution is 2.29. The summed E-state index contributed by atoms with van der Waals surface area (Å²) in [7, 11) is 1.93. The predicted molar refractivity (Wildman–Crippen MR) is 152 cm³/mol. The summed E-state index contributed by atoms with van der Waals surface area (Å²) in [6.07, 6.45) is -0.886. The van der Waals surface area contributed by atoms with Crippen LogP contribution < -0.4 is 19.3 Å². The van der Waals surface area contributed by atoms with E-state index in [1.54, 1.807) is 12.1 Å². The van der Waals surface area contributed by atoms with E-state index in [4.69, 9.17) is 16.3 Å². The monoisotopic (exact) mass is 611 g/mol. The lowest BCUT2D eigenvalue weighted by molar-refractivity contribution is -0.389. The van der Waals surface area contributed by atoms with E-state index < -0.39 is 17.4 Å². The molecule has 0 radical (unpaired) electrons. The van der Waals surface area contributed by atoms with Gasteiger partial charge in [0.1, 0.15) is 24.3 Å². The number of aliphatic hydroxyl groups is 1. The standard InChI is InChI=1S/C28H33ClF3N5O5/c1-34(21-2-8-25(9-3-21)42-28(30,31)32)14-10-20-11-15-35(16-12-20)22-4-6-24(7-5-22)41-19-23(38)13-17-36-18-26(37(39)40)33-27(36)29/h2-9,18,20,23,38H,10-17,19H2,1H3. The van der Waals surface area contributed by atoms with Crippen molar-refractivity contribution in [3.8, 4) is 11.5 Å². The first kappa shape index (κ1) is 31.2. The smallest absolute Gasteiger partial charge is 0.491 e. The van der Waals surface area contributed by atoms with Crippen molar-refractivity contribution in [2.24, 2.45) is 5.92 Å². The number of aryl methyl sites for hydroxylation is 1. The Kier molecular flexibility index (Phi) is 10.4. The predicted octanol–water partition coefficient (Wildman–Crippen LogP) is 5.92. The lowest BCUT2D eigenvalue weighted by atomic mass is 9.93. The van der Waals surface area contributed by atoms with Gasteiger partial charge in [-0.2, -0.15) is 0 Å². The number of rotatable bonds is 13. The second-order valence-electron chi connectivity index (χ2n) is 10.2. The molecule has 10 nitrogen and oxygen atoms in total. The van der Waals surface area contributed by atoms with Crippen LogP contribution in [0.1, 0.15) is 25.7 Å². The third-order valence-corrected chi connectivity index (χ3v) is 7.55. The van der Waals surface area contributed by atoms with Gasteiger partial charge in [0.2, 0.25) is 0 Å². The molecule has 228 valence electrons. The molecule has 42 heavy (non-hydrogen) atoms. The molecule has 1 aliphatic rings. The molecule has 14 heteroatoms. The Balaban J connectivity index is 1.15. The Bertz CT molecular complexity index is 1300. The first-order valence-electron chi connectivity index (χ1n) is 13.6. The van der Waals surface area contributed by atoms with Gasteiger partial charge in [-0.25, -0.2) is 0 Å². The number of alkyl halides is 3. The fraction of sp³-hybridized carbons (Fsp3) is 0.464. The summed E-state index contributed by atoms with van der Waals surface area (Å²) in [5.41, 5.74) is 1.93. The molecular formula is C28H33ClF3N5O5. The van der Waals surface area contributed by atoms with Crippen molar-refractivity contribution in [2.45, 2.75) is 44.7 Å². The Hall–Kier alpha value is -3.71. The van der Waals surface area contributed by atoms with Gasteiger partial charge in [-0.15, -0.1) is 13.2 Å². The number of aliphatic hydroxyl groups excluding tert-OH is 1. The number of nitrogens with zero attached hydrogens (tertiary/aromatic N) is 5. The zero-order valence-electron chi connectivity index (χ0n) is 23.0. The number of nitro groups is 1. The number of halogens is 4. The topological polar surface area (TPSA) is 106 Å². The number of piperidine rings is 1. The quantitative estimate of drug-likeness (QED) is 0.188. The van der Waals surface area contributed by atoms with E-state index in [1.165, 1.54) is 22.9 Å². The molecule has 0 aliphatic carbocycles. The SMILES string of the molecule is CN(CCC1CCN(c2ccc(OCC(O)CCn3cc([N+](=O)[O-])nc3Cl)cc2)CC1)c1ccc(OC(F)(F)F)cc1. The van der Waals surface area contributed by atoms with Crippen LogP contribution in [0.2, 0.25) is 5.28 Å². The molecule has 0 amide bonds. The number of anilines is 2. The van der Waals surface area contributed by atoms with E-state index in [-0.39, 0.29) is 30.0 Å². The zero-order chi connectivity index (χ0) is 30.3. The Labute approximate surface area is 246 Å². The first-order valence-corrected chi connectivity index (χ1v) is 13.9. The van der Waals surface area contributed by atoms with Gasteiger partial charge in [0.25, 0.3) is 0 Å². The molecule has 1 saturated heterocycles. The van der Waals surface area contributed by atoms with E-state index in [0.717, 1.165) is 50.3 Å². The molecule has 1 aromatic heterocycles. The maximum atomic E-state index is 12.4. The van der Waals surface area contributed by atoms with Crippen LogP contribution in [0.15, 0.2) is 54.7 Å². The minimum absolute atomic E-state index is 0.00564. The van der Waals surface area contributed by atoms with Crippen molar-refractivity contribution in [3.63, 3.8) is 0 Å². The summed E-state index contributed by atoms with van der Waals surface area (Å²) < 4.78 is 48.2. The number of hydrogen-bond donors (Lipinski definition) is 1. The van der Waals surface area contributed by atoms with Crippen LogP contribution >= 0.6 is 11.6 Å². The maximum Gasteiger partial charge on any atom is 0.573 e. The van der Waals surface area contributed by atoms with E-state index in [1.807, 2.05) is 36.2 Å². The molecule has 1 N–H and O–H groups in total. The van der Waals surface area contributed by atoms with Crippen molar-refractivity contribution in [1.82, 2.24) is 9.55 Å². The van der Waals surface area contributed by atoms with Crippen molar-refractivity contribution in [1.29, 1.82) is 0 Å². The molecular weight excluding hydrogens is 579 g/mol. The molecule has 2 aromatic carbocycles. The van der Waals surface area contributed by atoms with E-state index in [0.29, 0.717) is 18.1 Å². The van der Waals surface area contributed by atoms with Crippen molar-refractivity contribution in [2.75, 3.05) is 43.1 Å². The highest BCUT2D eigenvalue weighted by molar-refractivity contribution is 6.28. The van der Waals surface area contributed by atoms with Gasteiger partial charge in [0, 0.05) is 44.6 Å². The highest BCUT2D eigenvalue weighted by atomic mass is 35.5. The molecule has 1 aliphatic heterocycles. The van der Waals surface area contributed by atoms with Gasteiger partial charge in [-0.05, 0) is 102 Å². The van der Waals surface area contributed by atoms with Crippen molar-refractivity contribution in [3.05, 3.63) is 70.1 Å². The summed E-state index contributed by atoms with van der Waals surface area (Å²) in [4.78, 5) is 18.2. The number of ether oxygens (including phenoxy) is 2. The molecule has 1 atom stereocenters. The van der Waals surface area contributed by atoms with Gasteiger partial charge in [0.15, 0.2) is 0 Å². The fourth-order valence-electron chi connectivity index (χ4n) is 4.83. The lowest BCUT2D eigenvalue weighted by Gasteiger charge is -2.34. The molecule has 3 aromatic rings. The Morgan fingerprint density at radius 1 is 1.14 bits per heavy atom. The number of aromatic nitrogens is 2. The number of imidazole rings is 1. The Morgan fingerprint density at radius 3 is 2.38 bits per heavy atom. The van der Waals surface area contributed by atoms with Gasteiger partial charge >= 0.3 is 17.5 Å². The van der Waals surface area contributed by atoms with E-state index >= 15 is 0 Å². The van der Waals surface area contributed by atoms with Crippen LogP contribution in [-0.2, 0) is 6.54 Å². The number of benzene rings is 2. The summed E-state index contributed by atoms with van der Waals surface area (Å²) >= 11 is 5.90. The second-order valence-corrected chi connectivity index (χ2v) is 10.6. The van der Waals surface area contributed by atoms with Gasteiger partial charge < -0.3 is 34.5 Å². The highest BCUT2D eigenvalue weighted by Gasteiger charge is 2.31. The zero-order valence-corrected chi connectivity index (χ0v) is 23.8. The minimum atomic E-state index is -4.70. The van der Waals surface area contributed by atoms with Gasteiger partial charge in [0.05, 0.1) is 6.10 Å². The van der Waals surface area contributed by atoms with Crippen molar-refractivity contribution < 1.29 is 32.7 Å². The molecule has 4 rings (SSSR count). The average molecular weight is 612 g/mol. The summed E-state index contributed by atoms with van der Waals surface area (Å²) in [5, 5.41) is 21.1. The second kappa shape index (κ2) is 14.0. The van der Waals surface area contributed by atoms with Crippen LogP contribution in [0, 0.1) is 16.0 Å². The minimum Gasteiger partial charge on any atom is -0.491 e. The average Bonchev–Trinajstić information content (AvgIpc) is 3.34. The van der Waals surface area contributed by atoms with E-state index in [9.17, 15) is 28.4 Å². The summed E-state index contributed by atoms with van der Waals surface area (Å²) in [6.45, 7) is 2.98. The van der Waals surface area contributed by atoms with Crippen LogP contribution in [0.4, 0.5) is 30.4 Å². The molecule has 0 bridgehead atoms. The molecule has 2 heterocycles. The van der Waals surface area contributed by atoms with Crippen LogP contribution in [0.25, 0.3) is 0 Å². The van der Waals surface area contributed by atoms with Gasteiger partial charge in [-0.3, -0.25) is 4.57 Å². The van der Waals surface area contributed by atoms with Crippen LogP contribution in [0.3, 0.4) is 0 Å². The third-order valence-electron chi connectivity index (χ3n) is 7.25. The number of hydrogen-bond acceptors (Lipinski definition) is 8. The molecule has 0 spiro atoms. The molecule has 0 saturated carbocycles. The first-order chi connectivity index (χ1) is 20.0. The lowest BCUT2D eigenvalue weighted by Crippen LogP contribution is -2.34. The molecule has 1 fully saturated rings. The van der Waals surface area contributed by atoms with Crippen molar-refractivity contribution >= 4 is 28.8 Å². The normalized spacial score (nSPS) is 15.0. The third kappa shape index (κ3) is 9.15. The van der Waals surface area contributed by atoms with Crippen LogP contribution in [-0.4, -0.2) is 65.3 Å². The molecule has 1 unspecified atom stereocenters. The van der Waals surface area contributed by atoms with Crippen LogP contribution in [0.5, 0.6) is 11.5 Å². The Morgan fingerprint density at radius 2 is 1.79 bits per heavy atom. The van der Waals surface area contributed by atoms with Gasteiger partial charge in [-0.1, -0.05) is 0 Å². The fourth-order valence-corrected chi connectivity index (χ4v) is 5.05. The summed E-state index contributed by atoms with van der Waals surface area (Å²) in [6, 6.07) is 13.6. The largest absolute Gasteiger partial charge is 0.573 e. The summed E-state index contributed by atoms with van der Waals surface area (Å²) in [5.74, 6) is 0.621.